The van der Waals surface area contributed by atoms with E-state index in [0.717, 1.165) is 5.56 Å². The van der Waals surface area contributed by atoms with Crippen molar-refractivity contribution in [2.75, 3.05) is 0 Å². The maximum Gasteiger partial charge on any atom is 0.243 e. The minimum absolute atomic E-state index is 0.0418. The Kier molecular flexibility index (Phi) is 6.52. The van der Waals surface area contributed by atoms with Crippen molar-refractivity contribution in [3.8, 4) is 0 Å². The van der Waals surface area contributed by atoms with Gasteiger partial charge in [-0.1, -0.05) is 61.8 Å². The Morgan fingerprint density at radius 2 is 1.79 bits per heavy atom. The summed E-state index contributed by atoms with van der Waals surface area (Å²) in [5, 5.41) is 4.01. The predicted molar refractivity (Wildman–Crippen MR) is 114 cm³/mol. The molecule has 8 heteroatoms. The van der Waals surface area contributed by atoms with Gasteiger partial charge in [0.05, 0.1) is 5.52 Å². The Morgan fingerprint density at radius 1 is 1.07 bits per heavy atom. The number of hydrogen-bond acceptors (Lipinski definition) is 4. The number of carbonyl (C=O) groups excluding carboxylic acids is 1. The third-order valence-electron chi connectivity index (χ3n) is 4.53. The van der Waals surface area contributed by atoms with Gasteiger partial charge in [-0.3, -0.25) is 9.78 Å². The fourth-order valence-electron chi connectivity index (χ4n) is 2.95. The number of sulfonamides is 1. The van der Waals surface area contributed by atoms with E-state index in [2.05, 4.69) is 15.0 Å². The van der Waals surface area contributed by atoms with Gasteiger partial charge in [0.15, 0.2) is 0 Å². The van der Waals surface area contributed by atoms with Gasteiger partial charge >= 0.3 is 0 Å². The number of para-hydroxylation sites is 1. The van der Waals surface area contributed by atoms with Gasteiger partial charge in [0.25, 0.3) is 0 Å². The molecule has 0 aliphatic heterocycles. The molecule has 6 nitrogen and oxygen atoms in total. The zero-order chi connectivity index (χ0) is 21.0. The molecule has 0 aliphatic rings. The monoisotopic (exact) mass is 431 g/mol. The smallest absolute Gasteiger partial charge is 0.243 e. The lowest BCUT2D eigenvalue weighted by Gasteiger charge is -2.22. The number of hydrogen-bond donors (Lipinski definition) is 2. The van der Waals surface area contributed by atoms with Gasteiger partial charge in [-0.2, -0.15) is 4.72 Å². The molecule has 2 aromatic carbocycles. The zero-order valence-electron chi connectivity index (χ0n) is 16.1. The second-order valence-corrected chi connectivity index (χ2v) is 9.07. The quantitative estimate of drug-likeness (QED) is 0.599. The van der Waals surface area contributed by atoms with E-state index in [1.54, 1.807) is 56.3 Å². The van der Waals surface area contributed by atoms with Crippen molar-refractivity contribution in [1.29, 1.82) is 0 Å². The maximum absolute atomic E-state index is 13.0. The molecule has 1 unspecified atom stereocenters. The predicted octanol–water partition coefficient (Wildman–Crippen LogP) is 3.51. The molecule has 0 fully saturated rings. The molecular formula is C21H22ClN3O3S. The van der Waals surface area contributed by atoms with Gasteiger partial charge in [-0.05, 0) is 29.7 Å². The minimum atomic E-state index is -3.97. The molecule has 0 radical (unpaired) electrons. The molecule has 0 aliphatic carbocycles. The number of fused-ring (bicyclic) bond motifs is 1. The average molecular weight is 432 g/mol. The Hall–Kier alpha value is -2.48. The van der Waals surface area contributed by atoms with E-state index < -0.39 is 22.0 Å². The first kappa shape index (κ1) is 21.2. The Balaban J connectivity index is 1.82. The lowest BCUT2D eigenvalue weighted by Crippen LogP contribution is -2.49. The van der Waals surface area contributed by atoms with Crippen LogP contribution in [0.5, 0.6) is 0 Å². The molecule has 3 aromatic rings. The highest BCUT2D eigenvalue weighted by molar-refractivity contribution is 7.89. The SMILES string of the molecule is CC(C)C(NS(=O)(=O)c1cccc2cccnc12)C(=O)NCc1ccccc1Cl. The van der Waals surface area contributed by atoms with Crippen LogP contribution in [0.3, 0.4) is 0 Å². The van der Waals surface area contributed by atoms with Gasteiger partial charge in [0.2, 0.25) is 15.9 Å². The molecule has 1 atom stereocenters. The number of amides is 1. The van der Waals surface area contributed by atoms with Gasteiger partial charge in [-0.25, -0.2) is 8.42 Å². The summed E-state index contributed by atoms with van der Waals surface area (Å²) in [5.74, 6) is -0.685. The average Bonchev–Trinajstić information content (AvgIpc) is 2.70. The molecule has 0 saturated carbocycles. The Morgan fingerprint density at radius 3 is 2.52 bits per heavy atom. The maximum atomic E-state index is 13.0. The number of pyridine rings is 1. The molecule has 1 amide bonds. The molecule has 152 valence electrons. The number of halogens is 1. The van der Waals surface area contributed by atoms with Crippen molar-refractivity contribution in [2.24, 2.45) is 5.92 Å². The van der Waals surface area contributed by atoms with Crippen molar-refractivity contribution in [1.82, 2.24) is 15.0 Å². The van der Waals surface area contributed by atoms with Crippen LogP contribution in [0, 0.1) is 5.92 Å². The summed E-state index contributed by atoms with van der Waals surface area (Å²) >= 11 is 6.12. The standard InChI is InChI=1S/C21H22ClN3O3S/c1-14(2)19(21(26)24-13-16-7-3-4-10-17(16)22)25-29(27,28)18-11-5-8-15-9-6-12-23-20(15)18/h3-12,14,19,25H,13H2,1-2H3,(H,24,26). The molecule has 0 bridgehead atoms. The normalized spacial score (nSPS) is 12.8. The summed E-state index contributed by atoms with van der Waals surface area (Å²) < 4.78 is 28.6. The van der Waals surface area contributed by atoms with E-state index in [0.29, 0.717) is 15.9 Å². The van der Waals surface area contributed by atoms with Crippen LogP contribution in [-0.4, -0.2) is 25.4 Å². The van der Waals surface area contributed by atoms with E-state index in [9.17, 15) is 13.2 Å². The molecular weight excluding hydrogens is 410 g/mol. The summed E-state index contributed by atoms with van der Waals surface area (Å²) in [4.78, 5) is 17.0. The fourth-order valence-corrected chi connectivity index (χ4v) is 4.68. The van der Waals surface area contributed by atoms with Crippen LogP contribution in [0.25, 0.3) is 10.9 Å². The van der Waals surface area contributed by atoms with Crippen LogP contribution in [-0.2, 0) is 21.4 Å². The van der Waals surface area contributed by atoms with E-state index in [-0.39, 0.29) is 17.4 Å². The highest BCUT2D eigenvalue weighted by Crippen LogP contribution is 2.21. The second-order valence-electron chi connectivity index (χ2n) is 6.98. The molecule has 29 heavy (non-hydrogen) atoms. The summed E-state index contributed by atoms with van der Waals surface area (Å²) in [6.45, 7) is 3.77. The molecule has 1 heterocycles. The summed E-state index contributed by atoms with van der Waals surface area (Å²) in [6, 6.07) is 14.7. The highest BCUT2D eigenvalue weighted by atomic mass is 35.5. The van der Waals surface area contributed by atoms with Crippen LogP contribution >= 0.6 is 11.6 Å². The summed E-state index contributed by atoms with van der Waals surface area (Å²) in [7, 11) is -3.97. The van der Waals surface area contributed by atoms with Gasteiger partial charge in [0, 0.05) is 23.2 Å². The first-order valence-corrected chi connectivity index (χ1v) is 11.0. The number of nitrogens with zero attached hydrogens (tertiary/aromatic N) is 1. The van der Waals surface area contributed by atoms with Gasteiger partial charge < -0.3 is 5.32 Å². The third kappa shape index (κ3) is 4.93. The van der Waals surface area contributed by atoms with E-state index in [4.69, 9.17) is 11.6 Å². The van der Waals surface area contributed by atoms with Crippen molar-refractivity contribution in [3.63, 3.8) is 0 Å². The van der Waals surface area contributed by atoms with E-state index in [1.807, 2.05) is 6.07 Å². The lowest BCUT2D eigenvalue weighted by molar-refractivity contribution is -0.123. The molecule has 1 aromatic heterocycles. The number of aromatic nitrogens is 1. The van der Waals surface area contributed by atoms with Gasteiger partial charge in [-0.15, -0.1) is 0 Å². The number of nitrogens with one attached hydrogen (secondary N) is 2. The van der Waals surface area contributed by atoms with Crippen molar-refractivity contribution < 1.29 is 13.2 Å². The van der Waals surface area contributed by atoms with Crippen molar-refractivity contribution >= 4 is 38.4 Å². The van der Waals surface area contributed by atoms with Crippen LogP contribution in [0.4, 0.5) is 0 Å². The van der Waals surface area contributed by atoms with Crippen molar-refractivity contribution in [2.45, 2.75) is 31.3 Å². The summed E-state index contributed by atoms with van der Waals surface area (Å²) in [5.41, 5.74) is 1.12. The third-order valence-corrected chi connectivity index (χ3v) is 6.37. The second kappa shape index (κ2) is 8.90. The van der Waals surface area contributed by atoms with Crippen molar-refractivity contribution in [3.05, 3.63) is 71.4 Å². The number of benzene rings is 2. The zero-order valence-corrected chi connectivity index (χ0v) is 17.7. The van der Waals surface area contributed by atoms with Crippen LogP contribution in [0.2, 0.25) is 5.02 Å². The Bertz CT molecular complexity index is 1130. The largest absolute Gasteiger partial charge is 0.351 e. The highest BCUT2D eigenvalue weighted by Gasteiger charge is 2.29. The molecule has 0 spiro atoms. The topological polar surface area (TPSA) is 88.2 Å². The van der Waals surface area contributed by atoms with Crippen LogP contribution in [0.1, 0.15) is 19.4 Å². The summed E-state index contributed by atoms with van der Waals surface area (Å²) in [6.07, 6.45) is 1.54. The first-order valence-electron chi connectivity index (χ1n) is 9.17. The first-order chi connectivity index (χ1) is 13.8. The van der Waals surface area contributed by atoms with Crippen LogP contribution < -0.4 is 10.0 Å². The number of carbonyl (C=O) groups is 1. The molecule has 0 saturated heterocycles. The minimum Gasteiger partial charge on any atom is -0.351 e. The van der Waals surface area contributed by atoms with E-state index in [1.165, 1.54) is 12.3 Å². The van der Waals surface area contributed by atoms with Gasteiger partial charge in [0.1, 0.15) is 10.9 Å². The lowest BCUT2D eigenvalue weighted by atomic mass is 10.0. The van der Waals surface area contributed by atoms with E-state index >= 15 is 0 Å². The molecule has 2 N–H and O–H groups in total. The van der Waals surface area contributed by atoms with Crippen LogP contribution in [0.15, 0.2) is 65.7 Å². The Labute approximate surface area is 175 Å². The molecule has 3 rings (SSSR count). The fraction of sp³-hybridized carbons (Fsp3) is 0.238. The number of rotatable bonds is 7.